The van der Waals surface area contributed by atoms with Crippen LogP contribution in [0.25, 0.3) is 0 Å². The number of carbonyl (C=O) groups excluding carboxylic acids is 1. The van der Waals surface area contributed by atoms with Gasteiger partial charge in [-0.25, -0.2) is 4.79 Å². The van der Waals surface area contributed by atoms with Gasteiger partial charge in [-0.05, 0) is 35.4 Å². The van der Waals surface area contributed by atoms with Gasteiger partial charge >= 0.3 is 5.97 Å². The van der Waals surface area contributed by atoms with Gasteiger partial charge in [0.2, 0.25) is 0 Å². The highest BCUT2D eigenvalue weighted by molar-refractivity contribution is 7.99. The van der Waals surface area contributed by atoms with Crippen molar-refractivity contribution in [1.29, 1.82) is 0 Å². The van der Waals surface area contributed by atoms with E-state index in [0.717, 1.165) is 16.9 Å². The first-order valence-electron chi connectivity index (χ1n) is 8.28. The summed E-state index contributed by atoms with van der Waals surface area (Å²) >= 11 is 13.3. The summed E-state index contributed by atoms with van der Waals surface area (Å²) in [5.41, 5.74) is 1.88. The topological polar surface area (TPSA) is 51.0 Å². The molecule has 2 aromatic carbocycles. The van der Waals surface area contributed by atoms with Crippen molar-refractivity contribution in [2.75, 3.05) is 25.2 Å². The normalized spacial score (nSPS) is 12.6. The first kappa shape index (κ1) is 21.5. The van der Waals surface area contributed by atoms with E-state index >= 15 is 0 Å². The molecule has 0 spiro atoms. The Morgan fingerprint density at radius 2 is 1.59 bits per heavy atom. The Morgan fingerprint density at radius 3 is 2.15 bits per heavy atom. The Hall–Kier alpha value is -1.82. The molecule has 4 nitrogen and oxygen atoms in total. The van der Waals surface area contributed by atoms with Gasteiger partial charge in [0, 0.05) is 40.5 Å². The quantitative estimate of drug-likeness (QED) is 0.331. The maximum Gasteiger partial charge on any atom is 0.331 e. The molecule has 1 atom stereocenters. The van der Waals surface area contributed by atoms with Gasteiger partial charge in [0.15, 0.2) is 6.04 Å². The molecule has 0 heterocycles. The van der Waals surface area contributed by atoms with Crippen LogP contribution in [0.15, 0.2) is 58.5 Å². The number of aliphatic imine (C=N–C) groups is 2. The van der Waals surface area contributed by atoms with E-state index in [0.29, 0.717) is 22.3 Å². The number of carbonyl (C=O) groups is 1. The smallest absolute Gasteiger partial charge is 0.331 e. The third-order valence-corrected chi connectivity index (χ3v) is 5.02. The third kappa shape index (κ3) is 8.16. The van der Waals surface area contributed by atoms with Crippen molar-refractivity contribution < 1.29 is 9.53 Å². The van der Waals surface area contributed by atoms with Crippen molar-refractivity contribution in [2.45, 2.75) is 6.04 Å². The van der Waals surface area contributed by atoms with Crippen LogP contribution < -0.4 is 0 Å². The maximum absolute atomic E-state index is 11.9. The summed E-state index contributed by atoms with van der Waals surface area (Å²) in [7, 11) is 1.37. The maximum atomic E-state index is 11.9. The van der Waals surface area contributed by atoms with Crippen LogP contribution in [-0.4, -0.2) is 49.6 Å². The monoisotopic (exact) mass is 422 g/mol. The molecule has 0 aliphatic carbocycles. The van der Waals surface area contributed by atoms with E-state index in [9.17, 15) is 4.79 Å². The van der Waals surface area contributed by atoms with Crippen molar-refractivity contribution in [3.63, 3.8) is 0 Å². The molecule has 7 heteroatoms. The molecule has 1 unspecified atom stereocenters. The lowest BCUT2D eigenvalue weighted by molar-refractivity contribution is -0.141. The first-order chi connectivity index (χ1) is 13.1. The highest BCUT2D eigenvalue weighted by atomic mass is 35.5. The number of hydrogen-bond donors (Lipinski definition) is 0. The molecule has 0 fully saturated rings. The predicted molar refractivity (Wildman–Crippen MR) is 116 cm³/mol. The van der Waals surface area contributed by atoms with Gasteiger partial charge in [-0.2, -0.15) is 11.8 Å². The number of benzene rings is 2. The van der Waals surface area contributed by atoms with Crippen LogP contribution in [0.5, 0.6) is 0 Å². The largest absolute Gasteiger partial charge is 0.467 e. The average molecular weight is 423 g/mol. The summed E-state index contributed by atoms with van der Waals surface area (Å²) in [6.07, 6.45) is 3.48. The predicted octanol–water partition coefficient (Wildman–Crippen LogP) is 4.81. The van der Waals surface area contributed by atoms with Gasteiger partial charge in [-0.1, -0.05) is 47.5 Å². The number of esters is 1. The van der Waals surface area contributed by atoms with E-state index < -0.39 is 6.04 Å². The SMILES string of the molecule is COC(=O)C(CSCCN=Cc1ccc(Cl)cc1)N=Cc1ccc(Cl)cc1. The lowest BCUT2D eigenvalue weighted by Gasteiger charge is -2.09. The van der Waals surface area contributed by atoms with Gasteiger partial charge in [-0.15, -0.1) is 0 Å². The molecule has 0 N–H and O–H groups in total. The highest BCUT2D eigenvalue weighted by Crippen LogP contribution is 2.11. The summed E-state index contributed by atoms with van der Waals surface area (Å²) in [4.78, 5) is 20.6. The zero-order chi connectivity index (χ0) is 19.5. The first-order valence-corrected chi connectivity index (χ1v) is 10.2. The molecule has 142 valence electrons. The zero-order valence-electron chi connectivity index (χ0n) is 14.8. The van der Waals surface area contributed by atoms with E-state index in [1.165, 1.54) is 7.11 Å². The Kier molecular flexibility index (Phi) is 9.39. The van der Waals surface area contributed by atoms with Crippen LogP contribution in [0.4, 0.5) is 0 Å². The van der Waals surface area contributed by atoms with Gasteiger partial charge in [-0.3, -0.25) is 9.98 Å². The zero-order valence-corrected chi connectivity index (χ0v) is 17.2. The van der Waals surface area contributed by atoms with E-state index in [1.807, 2.05) is 42.6 Å². The number of rotatable bonds is 9. The van der Waals surface area contributed by atoms with Crippen LogP contribution in [0, 0.1) is 0 Å². The molecule has 2 rings (SSSR count). The second-order valence-corrected chi connectivity index (χ2v) is 7.55. The van der Waals surface area contributed by atoms with E-state index in [-0.39, 0.29) is 5.97 Å². The summed E-state index contributed by atoms with van der Waals surface area (Å²) < 4.78 is 4.84. The number of halogens is 2. The van der Waals surface area contributed by atoms with Crippen molar-refractivity contribution in [3.8, 4) is 0 Å². The third-order valence-electron chi connectivity index (χ3n) is 3.50. The molecule has 0 aliphatic heterocycles. The lowest BCUT2D eigenvalue weighted by atomic mass is 10.2. The van der Waals surface area contributed by atoms with E-state index in [2.05, 4.69) is 9.98 Å². The van der Waals surface area contributed by atoms with Crippen molar-refractivity contribution >= 4 is 53.4 Å². The molecule has 0 bridgehead atoms. The molecule has 0 radical (unpaired) electrons. The van der Waals surface area contributed by atoms with E-state index in [4.69, 9.17) is 27.9 Å². The Morgan fingerprint density at radius 1 is 1.04 bits per heavy atom. The molecule has 2 aromatic rings. The minimum absolute atomic E-state index is 0.350. The van der Waals surface area contributed by atoms with Gasteiger partial charge in [0.05, 0.1) is 7.11 Å². The number of methoxy groups -OCH3 is 1. The number of hydrogen-bond acceptors (Lipinski definition) is 5. The second kappa shape index (κ2) is 11.8. The fourth-order valence-electron chi connectivity index (χ4n) is 2.06. The highest BCUT2D eigenvalue weighted by Gasteiger charge is 2.17. The summed E-state index contributed by atoms with van der Waals surface area (Å²) in [5, 5.41) is 1.36. The Balaban J connectivity index is 1.79. The minimum atomic E-state index is -0.545. The van der Waals surface area contributed by atoms with Gasteiger partial charge < -0.3 is 4.74 Å². The molecule has 0 saturated heterocycles. The number of nitrogens with zero attached hydrogens (tertiary/aromatic N) is 2. The second-order valence-electron chi connectivity index (χ2n) is 5.53. The van der Waals surface area contributed by atoms with Gasteiger partial charge in [0.25, 0.3) is 0 Å². The van der Waals surface area contributed by atoms with Crippen LogP contribution in [0.2, 0.25) is 10.0 Å². The fraction of sp³-hybridized carbons (Fsp3) is 0.250. The summed E-state index contributed by atoms with van der Waals surface area (Å²) in [6, 6.07) is 14.2. The molecule has 0 saturated carbocycles. The van der Waals surface area contributed by atoms with Crippen LogP contribution in [-0.2, 0) is 9.53 Å². The molecule has 0 aromatic heterocycles. The molecular formula is C20H20Cl2N2O2S. The lowest BCUT2D eigenvalue weighted by Crippen LogP contribution is -2.23. The summed E-state index contributed by atoms with van der Waals surface area (Å²) in [6.45, 7) is 0.655. The molecule has 27 heavy (non-hydrogen) atoms. The summed E-state index contributed by atoms with van der Waals surface area (Å²) in [5.74, 6) is 0.971. The van der Waals surface area contributed by atoms with Crippen molar-refractivity contribution in [3.05, 3.63) is 69.7 Å². The van der Waals surface area contributed by atoms with Crippen LogP contribution >= 0.6 is 35.0 Å². The molecule has 0 aliphatic rings. The van der Waals surface area contributed by atoms with E-state index in [1.54, 1.807) is 30.1 Å². The molecule has 0 amide bonds. The van der Waals surface area contributed by atoms with Crippen molar-refractivity contribution in [2.24, 2.45) is 9.98 Å². The Bertz CT molecular complexity index is 778. The van der Waals surface area contributed by atoms with Crippen LogP contribution in [0.1, 0.15) is 11.1 Å². The Labute approximate surface area is 173 Å². The minimum Gasteiger partial charge on any atom is -0.467 e. The average Bonchev–Trinajstić information content (AvgIpc) is 2.69. The van der Waals surface area contributed by atoms with Crippen LogP contribution in [0.3, 0.4) is 0 Å². The van der Waals surface area contributed by atoms with Gasteiger partial charge in [0.1, 0.15) is 0 Å². The fourth-order valence-corrected chi connectivity index (χ4v) is 3.16. The number of thioether (sulfide) groups is 1. The van der Waals surface area contributed by atoms with Crippen molar-refractivity contribution in [1.82, 2.24) is 0 Å². The molecular weight excluding hydrogens is 403 g/mol. The number of ether oxygens (including phenoxy) is 1. The standard InChI is InChI=1S/C20H20Cl2N2O2S/c1-26-20(25)19(24-13-16-4-8-18(22)9-5-16)14-27-11-10-23-12-15-2-6-17(21)7-3-15/h2-9,12-13,19H,10-11,14H2,1H3.